The summed E-state index contributed by atoms with van der Waals surface area (Å²) in [7, 11) is 0. The number of nitrogens with zero attached hydrogens (tertiary/aromatic N) is 1. The summed E-state index contributed by atoms with van der Waals surface area (Å²) in [6.07, 6.45) is 1.12. The maximum absolute atomic E-state index is 9.01. The molecule has 0 radical (unpaired) electrons. The van der Waals surface area contributed by atoms with Crippen molar-refractivity contribution in [3.05, 3.63) is 28.8 Å². The van der Waals surface area contributed by atoms with Crippen LogP contribution < -0.4 is 10.2 Å². The van der Waals surface area contributed by atoms with Gasteiger partial charge in [0.1, 0.15) is 0 Å². The van der Waals surface area contributed by atoms with Gasteiger partial charge in [0.15, 0.2) is 0 Å². The van der Waals surface area contributed by atoms with E-state index in [2.05, 4.69) is 36.2 Å². The number of rotatable bonds is 8. The van der Waals surface area contributed by atoms with Crippen LogP contribution in [0.1, 0.15) is 25.8 Å². The number of aliphatic hydroxyl groups is 1. The standard InChI is InChI=1S/C14H23ClN2O/c1-3-7-16-11-12-5-6-13(10-14(12)15)17(4-2)8-9-18/h5-6,10,16,18H,3-4,7-9,11H2,1-2H3. The molecule has 0 aliphatic carbocycles. The van der Waals surface area contributed by atoms with E-state index >= 15 is 0 Å². The highest BCUT2D eigenvalue weighted by Gasteiger charge is 2.06. The second kappa shape index (κ2) is 8.35. The van der Waals surface area contributed by atoms with Gasteiger partial charge in [-0.3, -0.25) is 0 Å². The fourth-order valence-corrected chi connectivity index (χ4v) is 2.11. The van der Waals surface area contributed by atoms with Gasteiger partial charge in [-0.25, -0.2) is 0 Å². The van der Waals surface area contributed by atoms with Gasteiger partial charge in [0.05, 0.1) is 6.61 Å². The number of benzene rings is 1. The Kier molecular flexibility index (Phi) is 7.09. The van der Waals surface area contributed by atoms with Crippen LogP contribution in [-0.4, -0.2) is 31.3 Å². The maximum atomic E-state index is 9.01. The molecule has 2 N–H and O–H groups in total. The predicted octanol–water partition coefficient (Wildman–Crippen LogP) is 2.66. The Morgan fingerprint density at radius 1 is 1.33 bits per heavy atom. The van der Waals surface area contributed by atoms with Gasteiger partial charge in [0.2, 0.25) is 0 Å². The number of anilines is 1. The summed E-state index contributed by atoms with van der Waals surface area (Å²) >= 11 is 6.28. The van der Waals surface area contributed by atoms with Crippen molar-refractivity contribution < 1.29 is 5.11 Å². The highest BCUT2D eigenvalue weighted by atomic mass is 35.5. The third kappa shape index (κ3) is 4.48. The smallest absolute Gasteiger partial charge is 0.0606 e. The van der Waals surface area contributed by atoms with E-state index in [9.17, 15) is 0 Å². The molecule has 0 saturated heterocycles. The van der Waals surface area contributed by atoms with Gasteiger partial charge in [-0.2, -0.15) is 0 Å². The van der Waals surface area contributed by atoms with Gasteiger partial charge in [0, 0.05) is 30.3 Å². The Hall–Kier alpha value is -0.770. The predicted molar refractivity (Wildman–Crippen MR) is 78.4 cm³/mol. The highest BCUT2D eigenvalue weighted by molar-refractivity contribution is 6.31. The first-order valence-electron chi connectivity index (χ1n) is 6.57. The fraction of sp³-hybridized carbons (Fsp3) is 0.571. The second-order valence-corrected chi connectivity index (χ2v) is 4.66. The number of aliphatic hydroxyl groups excluding tert-OH is 1. The van der Waals surface area contributed by atoms with E-state index in [-0.39, 0.29) is 6.61 Å². The van der Waals surface area contributed by atoms with Crippen LogP contribution in [0.15, 0.2) is 18.2 Å². The molecule has 0 unspecified atom stereocenters. The van der Waals surface area contributed by atoms with E-state index in [1.54, 1.807) is 0 Å². The molecule has 0 heterocycles. The minimum atomic E-state index is 0.158. The first kappa shape index (κ1) is 15.3. The van der Waals surface area contributed by atoms with Crippen LogP contribution in [0.4, 0.5) is 5.69 Å². The maximum Gasteiger partial charge on any atom is 0.0606 e. The van der Waals surface area contributed by atoms with Crippen LogP contribution in [0.2, 0.25) is 5.02 Å². The van der Waals surface area contributed by atoms with Crippen molar-refractivity contribution in [2.45, 2.75) is 26.8 Å². The number of likely N-dealkylation sites (N-methyl/N-ethyl adjacent to an activating group) is 1. The molecule has 0 aliphatic heterocycles. The van der Waals surface area contributed by atoms with E-state index in [0.29, 0.717) is 6.54 Å². The molecule has 0 atom stereocenters. The Balaban J connectivity index is 2.71. The lowest BCUT2D eigenvalue weighted by molar-refractivity contribution is 0.302. The number of hydrogen-bond acceptors (Lipinski definition) is 3. The SMILES string of the molecule is CCCNCc1ccc(N(CC)CCO)cc1Cl. The van der Waals surface area contributed by atoms with Gasteiger partial charge in [0.25, 0.3) is 0 Å². The van der Waals surface area contributed by atoms with E-state index < -0.39 is 0 Å². The van der Waals surface area contributed by atoms with Crippen molar-refractivity contribution in [2.24, 2.45) is 0 Å². The van der Waals surface area contributed by atoms with Crippen LogP contribution in [-0.2, 0) is 6.54 Å². The number of nitrogens with one attached hydrogen (secondary N) is 1. The topological polar surface area (TPSA) is 35.5 Å². The van der Waals surface area contributed by atoms with Gasteiger partial charge in [-0.05, 0) is 37.6 Å². The van der Waals surface area contributed by atoms with Crippen molar-refractivity contribution in [1.29, 1.82) is 0 Å². The zero-order chi connectivity index (χ0) is 13.4. The average molecular weight is 271 g/mol. The Bertz CT molecular complexity index is 358. The minimum absolute atomic E-state index is 0.158. The monoisotopic (exact) mass is 270 g/mol. The molecule has 0 amide bonds. The molecule has 18 heavy (non-hydrogen) atoms. The molecule has 0 bridgehead atoms. The third-order valence-electron chi connectivity index (χ3n) is 2.90. The van der Waals surface area contributed by atoms with Crippen molar-refractivity contribution in [3.8, 4) is 0 Å². The molecule has 0 aromatic heterocycles. The zero-order valence-electron chi connectivity index (χ0n) is 11.2. The molecular formula is C14H23ClN2O. The molecule has 4 heteroatoms. The molecule has 1 rings (SSSR count). The first-order valence-corrected chi connectivity index (χ1v) is 6.95. The summed E-state index contributed by atoms with van der Waals surface area (Å²) in [5.74, 6) is 0. The van der Waals surface area contributed by atoms with E-state index in [4.69, 9.17) is 16.7 Å². The normalized spacial score (nSPS) is 10.7. The summed E-state index contributed by atoms with van der Waals surface area (Å²) in [6, 6.07) is 6.10. The number of halogens is 1. The minimum Gasteiger partial charge on any atom is -0.395 e. The lowest BCUT2D eigenvalue weighted by atomic mass is 10.2. The van der Waals surface area contributed by atoms with Gasteiger partial charge < -0.3 is 15.3 Å². The van der Waals surface area contributed by atoms with Gasteiger partial charge in [-0.1, -0.05) is 24.6 Å². The van der Waals surface area contributed by atoms with E-state index in [1.807, 2.05) is 6.07 Å². The quantitative estimate of drug-likeness (QED) is 0.713. The van der Waals surface area contributed by atoms with Crippen molar-refractivity contribution in [2.75, 3.05) is 31.1 Å². The molecule has 0 aliphatic rings. The largest absolute Gasteiger partial charge is 0.395 e. The lowest BCUT2D eigenvalue weighted by Crippen LogP contribution is -2.26. The second-order valence-electron chi connectivity index (χ2n) is 4.26. The van der Waals surface area contributed by atoms with E-state index in [0.717, 1.165) is 42.3 Å². The lowest BCUT2D eigenvalue weighted by Gasteiger charge is -2.22. The molecule has 0 spiro atoms. The Morgan fingerprint density at radius 3 is 2.67 bits per heavy atom. The molecule has 1 aromatic carbocycles. The van der Waals surface area contributed by atoms with Crippen LogP contribution in [0.5, 0.6) is 0 Å². The molecule has 1 aromatic rings. The van der Waals surface area contributed by atoms with Crippen molar-refractivity contribution in [1.82, 2.24) is 5.32 Å². The van der Waals surface area contributed by atoms with Crippen LogP contribution in [0.25, 0.3) is 0 Å². The average Bonchev–Trinajstić information content (AvgIpc) is 2.38. The van der Waals surface area contributed by atoms with Crippen molar-refractivity contribution in [3.63, 3.8) is 0 Å². The Morgan fingerprint density at radius 2 is 2.11 bits per heavy atom. The summed E-state index contributed by atoms with van der Waals surface area (Å²) in [5.41, 5.74) is 2.18. The molecule has 0 saturated carbocycles. The summed E-state index contributed by atoms with van der Waals surface area (Å²) in [5, 5.41) is 13.1. The van der Waals surface area contributed by atoms with Crippen LogP contribution >= 0.6 is 11.6 Å². The fourth-order valence-electron chi connectivity index (χ4n) is 1.87. The van der Waals surface area contributed by atoms with Crippen molar-refractivity contribution >= 4 is 17.3 Å². The summed E-state index contributed by atoms with van der Waals surface area (Å²) < 4.78 is 0. The van der Waals surface area contributed by atoms with Crippen LogP contribution in [0.3, 0.4) is 0 Å². The summed E-state index contributed by atoms with van der Waals surface area (Å²) in [6.45, 7) is 7.69. The first-order chi connectivity index (χ1) is 8.72. The van der Waals surface area contributed by atoms with Gasteiger partial charge in [-0.15, -0.1) is 0 Å². The molecular weight excluding hydrogens is 248 g/mol. The molecule has 3 nitrogen and oxygen atoms in total. The van der Waals surface area contributed by atoms with E-state index in [1.165, 1.54) is 0 Å². The summed E-state index contributed by atoms with van der Waals surface area (Å²) in [4.78, 5) is 2.11. The van der Waals surface area contributed by atoms with Crippen LogP contribution in [0, 0.1) is 0 Å². The number of hydrogen-bond donors (Lipinski definition) is 2. The van der Waals surface area contributed by atoms with Gasteiger partial charge >= 0.3 is 0 Å². The highest BCUT2D eigenvalue weighted by Crippen LogP contribution is 2.23. The molecule has 0 fully saturated rings. The molecule has 102 valence electrons. The third-order valence-corrected chi connectivity index (χ3v) is 3.25. The Labute approximate surface area is 115 Å². The zero-order valence-corrected chi connectivity index (χ0v) is 12.0.